The van der Waals surface area contributed by atoms with E-state index < -0.39 is 0 Å². The molecule has 6 heteroatoms. The minimum absolute atomic E-state index is 0.138. The van der Waals surface area contributed by atoms with Crippen LogP contribution in [0.2, 0.25) is 5.02 Å². The molecule has 0 saturated heterocycles. The van der Waals surface area contributed by atoms with Crippen LogP contribution in [0.3, 0.4) is 0 Å². The summed E-state index contributed by atoms with van der Waals surface area (Å²) in [6, 6.07) is 2.02. The highest BCUT2D eigenvalue weighted by Gasteiger charge is 2.36. The van der Waals surface area contributed by atoms with E-state index in [0.29, 0.717) is 16.4 Å². The van der Waals surface area contributed by atoms with E-state index in [9.17, 15) is 4.79 Å². The van der Waals surface area contributed by atoms with Crippen LogP contribution in [0.4, 0.5) is 0 Å². The first-order valence-electron chi connectivity index (χ1n) is 7.17. The molecule has 3 heterocycles. The van der Waals surface area contributed by atoms with Gasteiger partial charge in [-0.15, -0.1) is 0 Å². The lowest BCUT2D eigenvalue weighted by Gasteiger charge is -2.27. The Kier molecular flexibility index (Phi) is 3.20. The van der Waals surface area contributed by atoms with Crippen molar-refractivity contribution < 1.29 is 4.79 Å². The molecule has 0 spiro atoms. The van der Waals surface area contributed by atoms with Gasteiger partial charge in [-0.1, -0.05) is 25.4 Å². The Labute approximate surface area is 128 Å². The molecule has 0 bridgehead atoms. The zero-order chi connectivity index (χ0) is 15.4. The number of Topliss-reactive ketones (excluding diaryl/α,β-unsaturated/α-hetero) is 1. The van der Waals surface area contributed by atoms with Gasteiger partial charge in [0, 0.05) is 18.0 Å². The Hall–Kier alpha value is -1.62. The summed E-state index contributed by atoms with van der Waals surface area (Å²) >= 11 is 6.26. The molecule has 0 aliphatic carbocycles. The Morgan fingerprint density at radius 3 is 2.76 bits per heavy atom. The van der Waals surface area contributed by atoms with Gasteiger partial charge in [-0.3, -0.25) is 14.2 Å². The van der Waals surface area contributed by atoms with Crippen molar-refractivity contribution in [3.8, 4) is 11.4 Å². The van der Waals surface area contributed by atoms with Gasteiger partial charge in [-0.05, 0) is 26.3 Å². The third-order valence-corrected chi connectivity index (χ3v) is 4.34. The molecule has 0 amide bonds. The number of aromatic nitrogens is 4. The normalized spacial score (nSPS) is 17.3. The molecule has 21 heavy (non-hydrogen) atoms. The average molecular weight is 307 g/mol. The molecule has 2 aromatic heterocycles. The molecule has 3 rings (SSSR count). The molecular formula is C15H19ClN4O. The zero-order valence-electron chi connectivity index (χ0n) is 12.7. The lowest BCUT2D eigenvalue weighted by molar-refractivity contribution is 0.0772. The van der Waals surface area contributed by atoms with Gasteiger partial charge < -0.3 is 0 Å². The molecule has 0 aromatic carbocycles. The third-order valence-electron chi connectivity index (χ3n) is 4.06. The fraction of sp³-hybridized carbons (Fsp3) is 0.533. The van der Waals surface area contributed by atoms with Crippen molar-refractivity contribution in [2.24, 2.45) is 5.41 Å². The Morgan fingerprint density at radius 2 is 2.10 bits per heavy atom. The van der Waals surface area contributed by atoms with E-state index in [1.54, 1.807) is 10.9 Å². The summed E-state index contributed by atoms with van der Waals surface area (Å²) in [5, 5.41) is 9.42. The highest BCUT2D eigenvalue weighted by atomic mass is 35.5. The van der Waals surface area contributed by atoms with Crippen LogP contribution in [0.5, 0.6) is 0 Å². The molecule has 0 unspecified atom stereocenters. The second kappa shape index (κ2) is 4.70. The number of carbonyl (C=O) groups excluding carboxylic acids is 1. The topological polar surface area (TPSA) is 52.7 Å². The van der Waals surface area contributed by atoms with Gasteiger partial charge in [0.25, 0.3) is 0 Å². The average Bonchev–Trinajstić information content (AvgIpc) is 2.97. The Balaban J connectivity index is 2.12. The second-order valence-corrected chi connectivity index (χ2v) is 6.89. The van der Waals surface area contributed by atoms with Crippen molar-refractivity contribution in [2.75, 3.05) is 0 Å². The summed E-state index contributed by atoms with van der Waals surface area (Å²) in [7, 11) is 0. The fourth-order valence-corrected chi connectivity index (χ4v) is 2.93. The van der Waals surface area contributed by atoms with E-state index >= 15 is 0 Å². The maximum absolute atomic E-state index is 12.5. The van der Waals surface area contributed by atoms with Crippen LogP contribution in [-0.2, 0) is 6.54 Å². The number of ketones is 1. The lowest BCUT2D eigenvalue weighted by Crippen LogP contribution is -2.33. The Bertz CT molecular complexity index is 711. The number of hydrogen-bond acceptors (Lipinski definition) is 3. The zero-order valence-corrected chi connectivity index (χ0v) is 13.5. The summed E-state index contributed by atoms with van der Waals surface area (Å²) in [5.41, 5.74) is 1.83. The molecule has 0 radical (unpaired) electrons. The maximum Gasteiger partial charge on any atom is 0.186 e. The first-order chi connectivity index (χ1) is 9.81. The van der Waals surface area contributed by atoms with Crippen molar-refractivity contribution in [1.29, 1.82) is 0 Å². The first-order valence-corrected chi connectivity index (χ1v) is 7.55. The molecule has 0 atom stereocenters. The van der Waals surface area contributed by atoms with Crippen molar-refractivity contribution in [3.05, 3.63) is 23.0 Å². The lowest BCUT2D eigenvalue weighted by atomic mass is 9.81. The van der Waals surface area contributed by atoms with Gasteiger partial charge in [0.05, 0.1) is 11.2 Å². The molecular weight excluding hydrogens is 288 g/mol. The van der Waals surface area contributed by atoms with E-state index in [1.165, 1.54) is 0 Å². The summed E-state index contributed by atoms with van der Waals surface area (Å²) in [6.07, 6.45) is 2.43. The molecule has 0 saturated carbocycles. The van der Waals surface area contributed by atoms with Crippen LogP contribution in [0.1, 0.15) is 50.6 Å². The standard InChI is InChI=1S/C15H19ClN4O/c1-9(2)20-13(10(16)8-17-20)11-7-12-14(21)15(3,4)5-6-19(12)18-11/h7-9H,5-6H2,1-4H3. The van der Waals surface area contributed by atoms with Crippen LogP contribution < -0.4 is 0 Å². The number of hydrogen-bond donors (Lipinski definition) is 0. The van der Waals surface area contributed by atoms with E-state index in [1.807, 2.05) is 38.4 Å². The predicted molar refractivity (Wildman–Crippen MR) is 81.6 cm³/mol. The SMILES string of the molecule is CC(C)n1ncc(Cl)c1-c1cc2n(n1)CCC(C)(C)C2=O. The van der Waals surface area contributed by atoms with E-state index in [0.717, 1.165) is 18.7 Å². The van der Waals surface area contributed by atoms with Crippen molar-refractivity contribution in [2.45, 2.75) is 46.7 Å². The van der Waals surface area contributed by atoms with E-state index in [4.69, 9.17) is 11.6 Å². The van der Waals surface area contributed by atoms with Crippen molar-refractivity contribution in [1.82, 2.24) is 19.6 Å². The van der Waals surface area contributed by atoms with Crippen molar-refractivity contribution >= 4 is 17.4 Å². The smallest absolute Gasteiger partial charge is 0.186 e. The minimum atomic E-state index is -0.324. The van der Waals surface area contributed by atoms with Gasteiger partial charge in [-0.2, -0.15) is 10.2 Å². The summed E-state index contributed by atoms with van der Waals surface area (Å²) in [5.74, 6) is 0.138. The molecule has 0 N–H and O–H groups in total. The van der Waals surface area contributed by atoms with Crippen LogP contribution >= 0.6 is 11.6 Å². The molecule has 1 aliphatic rings. The summed E-state index contributed by atoms with van der Waals surface area (Å²) in [6.45, 7) is 8.80. The van der Waals surface area contributed by atoms with Gasteiger partial charge in [0.1, 0.15) is 17.1 Å². The highest BCUT2D eigenvalue weighted by Crippen LogP contribution is 2.35. The van der Waals surface area contributed by atoms with Crippen LogP contribution in [0, 0.1) is 5.41 Å². The monoisotopic (exact) mass is 306 g/mol. The van der Waals surface area contributed by atoms with Gasteiger partial charge >= 0.3 is 0 Å². The van der Waals surface area contributed by atoms with Gasteiger partial charge in [0.2, 0.25) is 0 Å². The highest BCUT2D eigenvalue weighted by molar-refractivity contribution is 6.33. The number of nitrogens with zero attached hydrogens (tertiary/aromatic N) is 4. The summed E-state index contributed by atoms with van der Waals surface area (Å²) in [4.78, 5) is 12.5. The van der Waals surface area contributed by atoms with Crippen LogP contribution in [-0.4, -0.2) is 25.3 Å². The Morgan fingerprint density at radius 1 is 1.38 bits per heavy atom. The number of fused-ring (bicyclic) bond motifs is 1. The fourth-order valence-electron chi connectivity index (χ4n) is 2.70. The second-order valence-electron chi connectivity index (χ2n) is 6.48. The maximum atomic E-state index is 12.5. The van der Waals surface area contributed by atoms with Crippen LogP contribution in [0.15, 0.2) is 12.3 Å². The molecule has 2 aromatic rings. The van der Waals surface area contributed by atoms with Crippen LogP contribution in [0.25, 0.3) is 11.4 Å². The van der Waals surface area contributed by atoms with E-state index in [-0.39, 0.29) is 17.2 Å². The number of carbonyl (C=O) groups is 1. The number of halogens is 1. The largest absolute Gasteiger partial charge is 0.292 e. The van der Waals surface area contributed by atoms with Gasteiger partial charge in [0.15, 0.2) is 5.78 Å². The van der Waals surface area contributed by atoms with Crippen molar-refractivity contribution in [3.63, 3.8) is 0 Å². The minimum Gasteiger partial charge on any atom is -0.292 e. The molecule has 1 aliphatic heterocycles. The van der Waals surface area contributed by atoms with E-state index in [2.05, 4.69) is 10.2 Å². The van der Waals surface area contributed by atoms with Gasteiger partial charge in [-0.25, -0.2) is 0 Å². The number of aryl methyl sites for hydroxylation is 1. The number of rotatable bonds is 2. The quantitative estimate of drug-likeness (QED) is 0.852. The third kappa shape index (κ3) is 2.20. The summed E-state index contributed by atoms with van der Waals surface area (Å²) < 4.78 is 3.63. The molecule has 112 valence electrons. The molecule has 0 fully saturated rings. The first kappa shape index (κ1) is 14.3. The predicted octanol–water partition coefficient (Wildman–Crippen LogP) is 3.59. The molecule has 5 nitrogen and oxygen atoms in total.